The maximum Gasteiger partial charge on any atom is 0.0460 e. The van der Waals surface area contributed by atoms with Gasteiger partial charge in [0.1, 0.15) is 0 Å². The van der Waals surface area contributed by atoms with E-state index in [1.54, 1.807) is 0 Å². The molecule has 0 aliphatic heterocycles. The molecule has 0 saturated carbocycles. The molecular formula is C14H23ClN2. The molecule has 1 unspecified atom stereocenters. The third-order valence-electron chi connectivity index (χ3n) is 2.94. The maximum atomic E-state index is 6.07. The fourth-order valence-electron chi connectivity index (χ4n) is 2.04. The highest BCUT2D eigenvalue weighted by molar-refractivity contribution is 6.30. The molecule has 0 saturated heterocycles. The van der Waals surface area contributed by atoms with Crippen molar-refractivity contribution in [1.82, 2.24) is 5.43 Å². The van der Waals surface area contributed by atoms with Gasteiger partial charge in [-0.3, -0.25) is 11.3 Å². The Kier molecular flexibility index (Phi) is 5.96. The highest BCUT2D eigenvalue weighted by Gasteiger charge is 2.10. The van der Waals surface area contributed by atoms with Crippen molar-refractivity contribution in [3.8, 4) is 0 Å². The van der Waals surface area contributed by atoms with E-state index in [1.165, 1.54) is 24.0 Å². The van der Waals surface area contributed by atoms with E-state index in [4.69, 9.17) is 17.4 Å². The van der Waals surface area contributed by atoms with Crippen molar-refractivity contribution in [2.24, 2.45) is 11.8 Å². The molecule has 96 valence electrons. The summed E-state index contributed by atoms with van der Waals surface area (Å²) in [5.74, 6) is 6.37. The molecule has 1 aromatic carbocycles. The smallest absolute Gasteiger partial charge is 0.0460 e. The Labute approximate surface area is 110 Å². The van der Waals surface area contributed by atoms with Crippen LogP contribution in [0.15, 0.2) is 18.2 Å². The predicted octanol–water partition coefficient (Wildman–Crippen LogP) is 3.98. The zero-order valence-electron chi connectivity index (χ0n) is 11.0. The molecule has 2 nitrogen and oxygen atoms in total. The molecule has 0 spiro atoms. The quantitative estimate of drug-likeness (QED) is 0.595. The number of rotatable bonds is 6. The number of nitrogens with two attached hydrogens (primary N) is 1. The molecule has 1 aromatic rings. The van der Waals surface area contributed by atoms with Gasteiger partial charge < -0.3 is 0 Å². The van der Waals surface area contributed by atoms with E-state index in [0.717, 1.165) is 17.4 Å². The average molecular weight is 255 g/mol. The molecule has 0 heterocycles. The van der Waals surface area contributed by atoms with Crippen LogP contribution in [-0.2, 0) is 0 Å². The number of hydrazine groups is 1. The van der Waals surface area contributed by atoms with Gasteiger partial charge >= 0.3 is 0 Å². The summed E-state index contributed by atoms with van der Waals surface area (Å²) in [5.41, 5.74) is 5.25. The Hall–Kier alpha value is -0.570. The van der Waals surface area contributed by atoms with Gasteiger partial charge in [-0.1, -0.05) is 44.4 Å². The zero-order chi connectivity index (χ0) is 12.8. The molecule has 0 amide bonds. The summed E-state index contributed by atoms with van der Waals surface area (Å²) in [4.78, 5) is 0. The Balaban J connectivity index is 2.65. The summed E-state index contributed by atoms with van der Waals surface area (Å²) in [6.45, 7) is 6.54. The minimum atomic E-state index is 0.200. The lowest BCUT2D eigenvalue weighted by Gasteiger charge is -2.17. The van der Waals surface area contributed by atoms with Crippen LogP contribution in [0, 0.1) is 12.8 Å². The van der Waals surface area contributed by atoms with Crippen LogP contribution in [0.5, 0.6) is 0 Å². The van der Waals surface area contributed by atoms with Crippen LogP contribution in [0.25, 0.3) is 0 Å². The Morgan fingerprint density at radius 1 is 1.24 bits per heavy atom. The average Bonchev–Trinajstić information content (AvgIpc) is 2.22. The van der Waals surface area contributed by atoms with Crippen LogP contribution >= 0.6 is 11.6 Å². The van der Waals surface area contributed by atoms with Gasteiger partial charge in [0.15, 0.2) is 0 Å². The number of benzene rings is 1. The molecule has 17 heavy (non-hydrogen) atoms. The summed E-state index contributed by atoms with van der Waals surface area (Å²) in [6.07, 6.45) is 3.46. The van der Waals surface area contributed by atoms with E-state index in [2.05, 4.69) is 32.3 Å². The first kappa shape index (κ1) is 14.5. The van der Waals surface area contributed by atoms with Gasteiger partial charge in [0.25, 0.3) is 0 Å². The van der Waals surface area contributed by atoms with Crippen molar-refractivity contribution in [3.05, 3.63) is 34.3 Å². The Morgan fingerprint density at radius 2 is 1.94 bits per heavy atom. The topological polar surface area (TPSA) is 38.0 Å². The lowest BCUT2D eigenvalue weighted by molar-refractivity contribution is 0.455. The monoisotopic (exact) mass is 254 g/mol. The van der Waals surface area contributed by atoms with Crippen molar-refractivity contribution >= 4 is 11.6 Å². The van der Waals surface area contributed by atoms with E-state index in [9.17, 15) is 0 Å². The number of hydrogen-bond donors (Lipinski definition) is 2. The second kappa shape index (κ2) is 7.00. The first-order valence-corrected chi connectivity index (χ1v) is 6.64. The van der Waals surface area contributed by atoms with E-state index < -0.39 is 0 Å². The van der Waals surface area contributed by atoms with Crippen molar-refractivity contribution in [2.75, 3.05) is 0 Å². The van der Waals surface area contributed by atoms with Crippen LogP contribution in [0.4, 0.5) is 0 Å². The first-order chi connectivity index (χ1) is 8.02. The van der Waals surface area contributed by atoms with E-state index in [-0.39, 0.29) is 6.04 Å². The Morgan fingerprint density at radius 3 is 2.47 bits per heavy atom. The zero-order valence-corrected chi connectivity index (χ0v) is 11.7. The van der Waals surface area contributed by atoms with Crippen LogP contribution < -0.4 is 11.3 Å². The van der Waals surface area contributed by atoms with Crippen molar-refractivity contribution < 1.29 is 0 Å². The van der Waals surface area contributed by atoms with E-state index in [0.29, 0.717) is 0 Å². The van der Waals surface area contributed by atoms with Crippen LogP contribution in [0.1, 0.15) is 50.3 Å². The first-order valence-electron chi connectivity index (χ1n) is 6.26. The summed E-state index contributed by atoms with van der Waals surface area (Å²) < 4.78 is 0. The molecule has 0 aromatic heterocycles. The van der Waals surface area contributed by atoms with E-state index in [1.807, 2.05) is 12.1 Å². The normalized spacial score (nSPS) is 13.1. The molecule has 1 atom stereocenters. The third-order valence-corrected chi connectivity index (χ3v) is 3.16. The number of nitrogens with one attached hydrogen (secondary N) is 1. The van der Waals surface area contributed by atoms with Gasteiger partial charge in [0, 0.05) is 11.1 Å². The molecular weight excluding hydrogens is 232 g/mol. The van der Waals surface area contributed by atoms with Gasteiger partial charge in [0.05, 0.1) is 0 Å². The van der Waals surface area contributed by atoms with Gasteiger partial charge in [-0.25, -0.2) is 0 Å². The minimum Gasteiger partial charge on any atom is -0.271 e. The molecule has 0 bridgehead atoms. The number of halogens is 1. The van der Waals surface area contributed by atoms with Crippen LogP contribution in [0.2, 0.25) is 5.02 Å². The largest absolute Gasteiger partial charge is 0.271 e. The molecule has 1 rings (SSSR count). The predicted molar refractivity (Wildman–Crippen MR) is 74.9 cm³/mol. The van der Waals surface area contributed by atoms with Crippen LogP contribution in [-0.4, -0.2) is 0 Å². The summed E-state index contributed by atoms with van der Waals surface area (Å²) in [7, 11) is 0. The molecule has 0 aliphatic rings. The van der Waals surface area contributed by atoms with Crippen LogP contribution in [0.3, 0.4) is 0 Å². The SMILES string of the molecule is Cc1cc(Cl)cc(C(CCCC(C)C)NN)c1. The Bertz CT molecular complexity index is 330. The molecule has 0 fully saturated rings. The van der Waals surface area contributed by atoms with Crippen molar-refractivity contribution in [3.63, 3.8) is 0 Å². The van der Waals surface area contributed by atoms with Gasteiger partial charge in [0.2, 0.25) is 0 Å². The molecule has 0 radical (unpaired) electrons. The standard InChI is InChI=1S/C14H23ClN2/c1-10(2)5-4-6-14(17-16)12-7-11(3)8-13(15)9-12/h7-10,14,17H,4-6,16H2,1-3H3. The lowest BCUT2D eigenvalue weighted by atomic mass is 9.97. The number of hydrogen-bond acceptors (Lipinski definition) is 2. The second-order valence-electron chi connectivity index (χ2n) is 5.11. The number of aryl methyl sites for hydroxylation is 1. The second-order valence-corrected chi connectivity index (χ2v) is 5.54. The fourth-order valence-corrected chi connectivity index (χ4v) is 2.34. The summed E-state index contributed by atoms with van der Waals surface area (Å²) in [5, 5.41) is 0.782. The van der Waals surface area contributed by atoms with Crippen molar-refractivity contribution in [1.29, 1.82) is 0 Å². The summed E-state index contributed by atoms with van der Waals surface area (Å²) in [6, 6.07) is 6.30. The van der Waals surface area contributed by atoms with Gasteiger partial charge in [-0.2, -0.15) is 0 Å². The lowest BCUT2D eigenvalue weighted by Crippen LogP contribution is -2.28. The fraction of sp³-hybridized carbons (Fsp3) is 0.571. The highest BCUT2D eigenvalue weighted by Crippen LogP contribution is 2.24. The van der Waals surface area contributed by atoms with Gasteiger partial charge in [-0.15, -0.1) is 0 Å². The molecule has 3 N–H and O–H groups in total. The maximum absolute atomic E-state index is 6.07. The van der Waals surface area contributed by atoms with Crippen molar-refractivity contribution in [2.45, 2.75) is 46.1 Å². The molecule has 0 aliphatic carbocycles. The highest BCUT2D eigenvalue weighted by atomic mass is 35.5. The van der Waals surface area contributed by atoms with Gasteiger partial charge in [-0.05, 0) is 42.5 Å². The third kappa shape index (κ3) is 5.07. The summed E-state index contributed by atoms with van der Waals surface area (Å²) >= 11 is 6.07. The minimum absolute atomic E-state index is 0.200. The van der Waals surface area contributed by atoms with E-state index >= 15 is 0 Å². The molecule has 3 heteroatoms.